The number of fused-ring (bicyclic) bond motifs is 1. The third kappa shape index (κ3) is 1.60. The van der Waals surface area contributed by atoms with E-state index in [9.17, 15) is 4.79 Å². The van der Waals surface area contributed by atoms with Crippen LogP contribution >= 0.6 is 0 Å². The molecule has 0 atom stereocenters. The average Bonchev–Trinajstić information content (AvgIpc) is 2.18. The number of nitrogens with one attached hydrogen (secondary N) is 1. The zero-order chi connectivity index (χ0) is 10.1. The Balaban J connectivity index is 2.34. The summed E-state index contributed by atoms with van der Waals surface area (Å²) in [6.07, 6.45) is 2.74. The quantitative estimate of drug-likeness (QED) is 0.724. The van der Waals surface area contributed by atoms with Crippen LogP contribution in [-0.2, 0) is 13.0 Å². The van der Waals surface area contributed by atoms with E-state index < -0.39 is 0 Å². The van der Waals surface area contributed by atoms with Gasteiger partial charge in [0.15, 0.2) is 0 Å². The molecule has 3 nitrogen and oxygen atoms in total. The van der Waals surface area contributed by atoms with E-state index in [1.54, 1.807) is 6.20 Å². The third-order valence-electron chi connectivity index (χ3n) is 2.92. The first-order valence-electron chi connectivity index (χ1n) is 5.12. The second kappa shape index (κ2) is 3.58. The molecule has 14 heavy (non-hydrogen) atoms. The second-order valence-corrected chi connectivity index (χ2v) is 4.12. The Bertz CT molecular complexity index is 381. The minimum absolute atomic E-state index is 0.0767. The summed E-state index contributed by atoms with van der Waals surface area (Å²) >= 11 is 0. The van der Waals surface area contributed by atoms with Gasteiger partial charge in [0, 0.05) is 30.9 Å². The van der Waals surface area contributed by atoms with Gasteiger partial charge in [0.2, 0.25) is 0 Å². The molecule has 2 rings (SSSR count). The summed E-state index contributed by atoms with van der Waals surface area (Å²) in [5.74, 6) is 0. The number of pyridine rings is 1. The lowest BCUT2D eigenvalue weighted by atomic mass is 10.0. The van der Waals surface area contributed by atoms with Gasteiger partial charge >= 0.3 is 0 Å². The molecule has 1 aromatic heterocycles. The topological polar surface area (TPSA) is 36.1 Å². The lowest BCUT2D eigenvalue weighted by Gasteiger charge is -2.31. The molecule has 76 valence electrons. The molecule has 2 heterocycles. The highest BCUT2D eigenvalue weighted by atomic mass is 16.1. The molecular formula is C11H16N2O. The number of rotatable bonds is 1. The second-order valence-electron chi connectivity index (χ2n) is 4.12. The van der Waals surface area contributed by atoms with E-state index in [-0.39, 0.29) is 5.56 Å². The maximum Gasteiger partial charge on any atom is 0.252 e. The van der Waals surface area contributed by atoms with Crippen molar-refractivity contribution in [2.45, 2.75) is 32.9 Å². The van der Waals surface area contributed by atoms with Gasteiger partial charge in [-0.05, 0) is 31.9 Å². The van der Waals surface area contributed by atoms with Gasteiger partial charge in [-0.3, -0.25) is 9.69 Å². The van der Waals surface area contributed by atoms with Crippen LogP contribution in [0.3, 0.4) is 0 Å². The van der Waals surface area contributed by atoms with Crippen molar-refractivity contribution in [3.63, 3.8) is 0 Å². The normalized spacial score (nSPS) is 17.1. The predicted molar refractivity (Wildman–Crippen MR) is 56.3 cm³/mol. The van der Waals surface area contributed by atoms with Gasteiger partial charge in [-0.25, -0.2) is 0 Å². The van der Waals surface area contributed by atoms with E-state index >= 15 is 0 Å². The molecule has 1 aromatic rings. The van der Waals surface area contributed by atoms with Crippen LogP contribution in [-0.4, -0.2) is 22.5 Å². The lowest BCUT2D eigenvalue weighted by Crippen LogP contribution is -2.38. The zero-order valence-electron chi connectivity index (χ0n) is 8.71. The fourth-order valence-electron chi connectivity index (χ4n) is 1.95. The molecule has 0 radical (unpaired) electrons. The molecular weight excluding hydrogens is 176 g/mol. The van der Waals surface area contributed by atoms with Crippen LogP contribution in [0.25, 0.3) is 0 Å². The third-order valence-corrected chi connectivity index (χ3v) is 2.92. The Morgan fingerprint density at radius 2 is 2.29 bits per heavy atom. The summed E-state index contributed by atoms with van der Waals surface area (Å²) in [4.78, 5) is 16.6. The monoisotopic (exact) mass is 192 g/mol. The molecule has 0 aliphatic carbocycles. The Kier molecular flexibility index (Phi) is 2.42. The minimum atomic E-state index is 0.0767. The molecule has 3 heteroatoms. The summed E-state index contributed by atoms with van der Waals surface area (Å²) in [6, 6.07) is 2.54. The van der Waals surface area contributed by atoms with E-state index in [0.717, 1.165) is 25.1 Å². The molecule has 0 spiro atoms. The highest BCUT2D eigenvalue weighted by molar-refractivity contribution is 5.25. The van der Waals surface area contributed by atoms with Gasteiger partial charge in [0.05, 0.1) is 0 Å². The number of nitrogens with zero attached hydrogens (tertiary/aromatic N) is 1. The minimum Gasteiger partial charge on any atom is -0.329 e. The summed E-state index contributed by atoms with van der Waals surface area (Å²) in [6.45, 7) is 6.20. The number of aromatic amines is 1. The summed E-state index contributed by atoms with van der Waals surface area (Å²) < 4.78 is 0. The average molecular weight is 192 g/mol. The Labute approximate surface area is 83.8 Å². The summed E-state index contributed by atoms with van der Waals surface area (Å²) in [7, 11) is 0. The van der Waals surface area contributed by atoms with Crippen molar-refractivity contribution in [3.05, 3.63) is 33.7 Å². The predicted octanol–water partition coefficient (Wildman–Crippen LogP) is 1.14. The standard InChI is InChI=1S/C11H16N2O/c1-8(2)13-6-4-9-3-5-12-11(14)10(9)7-13/h3,5,8H,4,6-7H2,1-2H3,(H,12,14). The van der Waals surface area contributed by atoms with Gasteiger partial charge in [-0.1, -0.05) is 0 Å². The SMILES string of the molecule is CC(C)N1CCc2cc[nH]c(=O)c2C1. The van der Waals surface area contributed by atoms with Crippen LogP contribution in [0.1, 0.15) is 25.0 Å². The molecule has 0 saturated heterocycles. The number of H-pyrrole nitrogens is 1. The molecule has 1 N–H and O–H groups in total. The first-order chi connectivity index (χ1) is 6.68. The van der Waals surface area contributed by atoms with Crippen LogP contribution in [0.5, 0.6) is 0 Å². The molecule has 1 aliphatic rings. The van der Waals surface area contributed by atoms with Crippen LogP contribution in [0.2, 0.25) is 0 Å². The van der Waals surface area contributed by atoms with Crippen LogP contribution in [0.15, 0.2) is 17.1 Å². The van der Waals surface area contributed by atoms with Crippen LogP contribution in [0.4, 0.5) is 0 Å². The fourth-order valence-corrected chi connectivity index (χ4v) is 1.95. The van der Waals surface area contributed by atoms with Gasteiger partial charge < -0.3 is 4.98 Å². The molecule has 1 aliphatic heterocycles. The van der Waals surface area contributed by atoms with Crippen LogP contribution < -0.4 is 5.56 Å². The van der Waals surface area contributed by atoms with E-state index in [4.69, 9.17) is 0 Å². The van der Waals surface area contributed by atoms with E-state index in [1.165, 1.54) is 5.56 Å². The highest BCUT2D eigenvalue weighted by Gasteiger charge is 2.19. The number of hydrogen-bond donors (Lipinski definition) is 1. The van der Waals surface area contributed by atoms with Crippen molar-refractivity contribution < 1.29 is 0 Å². The Morgan fingerprint density at radius 1 is 1.50 bits per heavy atom. The Morgan fingerprint density at radius 3 is 3.00 bits per heavy atom. The van der Waals surface area contributed by atoms with E-state index in [0.29, 0.717) is 6.04 Å². The first-order valence-corrected chi connectivity index (χ1v) is 5.12. The van der Waals surface area contributed by atoms with Crippen molar-refractivity contribution >= 4 is 0 Å². The maximum absolute atomic E-state index is 11.5. The molecule has 0 unspecified atom stereocenters. The maximum atomic E-state index is 11.5. The van der Waals surface area contributed by atoms with Gasteiger partial charge in [0.25, 0.3) is 5.56 Å². The van der Waals surface area contributed by atoms with Gasteiger partial charge in [-0.15, -0.1) is 0 Å². The van der Waals surface area contributed by atoms with Gasteiger partial charge in [-0.2, -0.15) is 0 Å². The van der Waals surface area contributed by atoms with Crippen molar-refractivity contribution in [2.75, 3.05) is 6.54 Å². The molecule has 0 amide bonds. The first kappa shape index (κ1) is 9.46. The number of hydrogen-bond acceptors (Lipinski definition) is 2. The largest absolute Gasteiger partial charge is 0.329 e. The van der Waals surface area contributed by atoms with Gasteiger partial charge in [0.1, 0.15) is 0 Å². The van der Waals surface area contributed by atoms with Crippen molar-refractivity contribution in [3.8, 4) is 0 Å². The van der Waals surface area contributed by atoms with E-state index in [1.807, 2.05) is 6.07 Å². The summed E-state index contributed by atoms with van der Waals surface area (Å²) in [5.41, 5.74) is 2.24. The fraction of sp³-hybridized carbons (Fsp3) is 0.545. The number of aromatic nitrogens is 1. The smallest absolute Gasteiger partial charge is 0.252 e. The Hall–Kier alpha value is -1.09. The summed E-state index contributed by atoms with van der Waals surface area (Å²) in [5, 5.41) is 0. The molecule has 0 saturated carbocycles. The lowest BCUT2D eigenvalue weighted by molar-refractivity contribution is 0.202. The van der Waals surface area contributed by atoms with Crippen molar-refractivity contribution in [1.29, 1.82) is 0 Å². The zero-order valence-corrected chi connectivity index (χ0v) is 8.71. The molecule has 0 bridgehead atoms. The highest BCUT2D eigenvalue weighted by Crippen LogP contribution is 2.16. The van der Waals surface area contributed by atoms with Crippen molar-refractivity contribution in [2.24, 2.45) is 0 Å². The molecule has 0 fully saturated rings. The van der Waals surface area contributed by atoms with E-state index in [2.05, 4.69) is 23.7 Å². The van der Waals surface area contributed by atoms with Crippen molar-refractivity contribution in [1.82, 2.24) is 9.88 Å². The molecule has 0 aromatic carbocycles. The van der Waals surface area contributed by atoms with Crippen LogP contribution in [0, 0.1) is 0 Å².